The lowest BCUT2D eigenvalue weighted by Crippen LogP contribution is -1.91. The Morgan fingerprint density at radius 1 is 1.15 bits per heavy atom. The van der Waals surface area contributed by atoms with E-state index in [1.54, 1.807) is 0 Å². The van der Waals surface area contributed by atoms with E-state index >= 15 is 0 Å². The molecule has 0 saturated heterocycles. The van der Waals surface area contributed by atoms with Crippen LogP contribution in [0.2, 0.25) is 0 Å². The van der Waals surface area contributed by atoms with Gasteiger partial charge in [-0.25, -0.2) is 0 Å². The number of benzene rings is 1. The summed E-state index contributed by atoms with van der Waals surface area (Å²) in [7, 11) is -5.17. The first-order chi connectivity index (χ1) is 5.79. The number of nitrogens with two attached hydrogens (primary N) is 1. The van der Waals surface area contributed by atoms with Gasteiger partial charge in [-0.05, 0) is 19.1 Å². The van der Waals surface area contributed by atoms with Crippen LogP contribution in [0.3, 0.4) is 0 Å². The van der Waals surface area contributed by atoms with E-state index in [9.17, 15) is 0 Å². The van der Waals surface area contributed by atoms with Gasteiger partial charge in [-0.2, -0.15) is 0 Å². The monoisotopic (exact) mass is 203 g/mol. The molecule has 0 bridgehead atoms. The minimum Gasteiger partial charge on any atom is -0.759 e. The van der Waals surface area contributed by atoms with Crippen molar-refractivity contribution in [3.05, 3.63) is 29.8 Å². The first-order valence-electron chi connectivity index (χ1n) is 3.28. The number of rotatable bonds is 0. The average molecular weight is 203 g/mol. The standard InChI is InChI=1S/C7H9N.H2O4S/c1-6-2-4-7(8)5-3-6;1-5(2,3)4/h2-5H,8H2,1H3;(H2,1,2,3,4)/p-2. The Hall–Kier alpha value is -1.11. The predicted octanol–water partition coefficient (Wildman–Crippen LogP) is 0.239. The van der Waals surface area contributed by atoms with Gasteiger partial charge >= 0.3 is 0 Å². The highest BCUT2D eigenvalue weighted by Gasteiger charge is 1.80. The summed E-state index contributed by atoms with van der Waals surface area (Å²) < 4.78 is 34.1. The second-order valence-electron chi connectivity index (χ2n) is 2.32. The Labute approximate surface area is 76.8 Å². The molecule has 0 aliphatic carbocycles. The summed E-state index contributed by atoms with van der Waals surface area (Å²) in [6.07, 6.45) is 0. The maximum absolute atomic E-state index is 8.52. The zero-order chi connectivity index (χ0) is 10.5. The van der Waals surface area contributed by atoms with Crippen LogP contribution < -0.4 is 5.73 Å². The third-order valence-corrected chi connectivity index (χ3v) is 1.08. The summed E-state index contributed by atoms with van der Waals surface area (Å²) in [5.41, 5.74) is 7.51. The fraction of sp³-hybridized carbons (Fsp3) is 0.143. The minimum atomic E-state index is -5.17. The van der Waals surface area contributed by atoms with Crippen molar-refractivity contribution >= 4 is 16.1 Å². The molecule has 0 atom stereocenters. The lowest BCUT2D eigenvalue weighted by atomic mass is 10.2. The summed E-state index contributed by atoms with van der Waals surface area (Å²) in [5.74, 6) is 0. The van der Waals surface area contributed by atoms with E-state index in [-0.39, 0.29) is 0 Å². The molecule has 1 rings (SSSR count). The van der Waals surface area contributed by atoms with Crippen molar-refractivity contribution in [1.29, 1.82) is 0 Å². The van der Waals surface area contributed by atoms with Gasteiger partial charge in [0.2, 0.25) is 0 Å². The van der Waals surface area contributed by atoms with E-state index in [4.69, 9.17) is 23.3 Å². The smallest absolute Gasteiger partial charge is 0.0314 e. The highest BCUT2D eigenvalue weighted by Crippen LogP contribution is 2.02. The molecule has 0 aliphatic rings. The molecular weight excluding hydrogens is 194 g/mol. The predicted molar refractivity (Wildman–Crippen MR) is 46.1 cm³/mol. The van der Waals surface area contributed by atoms with Crippen LogP contribution >= 0.6 is 0 Å². The van der Waals surface area contributed by atoms with Crippen LogP contribution in [-0.4, -0.2) is 17.5 Å². The molecule has 13 heavy (non-hydrogen) atoms. The molecule has 0 fully saturated rings. The van der Waals surface area contributed by atoms with Crippen molar-refractivity contribution in [2.24, 2.45) is 0 Å². The van der Waals surface area contributed by atoms with Gasteiger partial charge in [0.15, 0.2) is 0 Å². The molecule has 0 heterocycles. The Morgan fingerprint density at radius 3 is 1.69 bits per heavy atom. The van der Waals surface area contributed by atoms with Crippen LogP contribution in [0.1, 0.15) is 5.56 Å². The lowest BCUT2D eigenvalue weighted by molar-refractivity contribution is 0.352. The van der Waals surface area contributed by atoms with Crippen LogP contribution in [0.4, 0.5) is 5.69 Å². The normalized spacial score (nSPS) is 10.1. The van der Waals surface area contributed by atoms with Gasteiger partial charge < -0.3 is 14.8 Å². The number of hydrogen-bond acceptors (Lipinski definition) is 5. The van der Waals surface area contributed by atoms with Crippen LogP contribution in [0.5, 0.6) is 0 Å². The maximum atomic E-state index is 8.52. The van der Waals surface area contributed by atoms with E-state index in [2.05, 4.69) is 0 Å². The Balaban J connectivity index is 0.000000252. The second-order valence-corrected chi connectivity index (χ2v) is 3.14. The molecule has 5 nitrogen and oxygen atoms in total. The topological polar surface area (TPSA) is 106 Å². The summed E-state index contributed by atoms with van der Waals surface area (Å²) >= 11 is 0. The highest BCUT2D eigenvalue weighted by atomic mass is 32.3. The molecule has 0 radical (unpaired) electrons. The Bertz CT molecular complexity index is 314. The fourth-order valence-corrected chi connectivity index (χ4v) is 0.566. The largest absolute Gasteiger partial charge is 0.759 e. The van der Waals surface area contributed by atoms with Gasteiger partial charge in [0.05, 0.1) is 0 Å². The van der Waals surface area contributed by atoms with Crippen molar-refractivity contribution in [3.8, 4) is 0 Å². The molecule has 0 aromatic heterocycles. The fourth-order valence-electron chi connectivity index (χ4n) is 0.566. The van der Waals surface area contributed by atoms with Gasteiger partial charge in [0, 0.05) is 16.1 Å². The summed E-state index contributed by atoms with van der Waals surface area (Å²) in [4.78, 5) is 0. The Kier molecular flexibility index (Phi) is 4.39. The molecule has 0 spiro atoms. The maximum Gasteiger partial charge on any atom is 0.0314 e. The molecule has 1 aromatic carbocycles. The zero-order valence-electron chi connectivity index (χ0n) is 6.93. The van der Waals surface area contributed by atoms with Gasteiger partial charge in [0.1, 0.15) is 0 Å². The van der Waals surface area contributed by atoms with Gasteiger partial charge in [-0.15, -0.1) is 0 Å². The summed E-state index contributed by atoms with van der Waals surface area (Å²) in [6.45, 7) is 2.04. The van der Waals surface area contributed by atoms with Crippen LogP contribution in [0.25, 0.3) is 0 Å². The van der Waals surface area contributed by atoms with Gasteiger partial charge in [0.25, 0.3) is 0 Å². The van der Waals surface area contributed by atoms with Crippen molar-refractivity contribution in [3.63, 3.8) is 0 Å². The molecule has 0 unspecified atom stereocenters. The molecule has 74 valence electrons. The number of nitrogen functional groups attached to an aromatic ring is 1. The average Bonchev–Trinajstić information content (AvgIpc) is 1.92. The zero-order valence-corrected chi connectivity index (χ0v) is 7.74. The number of hydrogen-bond donors (Lipinski definition) is 1. The quantitative estimate of drug-likeness (QED) is 0.369. The lowest BCUT2D eigenvalue weighted by Gasteiger charge is -2.06. The van der Waals surface area contributed by atoms with E-state index in [1.165, 1.54) is 5.56 Å². The summed E-state index contributed by atoms with van der Waals surface area (Å²) in [6, 6.07) is 7.79. The van der Waals surface area contributed by atoms with Crippen molar-refractivity contribution in [2.45, 2.75) is 6.92 Å². The summed E-state index contributed by atoms with van der Waals surface area (Å²) in [5, 5.41) is 0. The van der Waals surface area contributed by atoms with Crippen molar-refractivity contribution in [1.82, 2.24) is 0 Å². The minimum absolute atomic E-state index is 0.829. The third kappa shape index (κ3) is 10.9. The SMILES string of the molecule is Cc1ccc(N)cc1.O=S(=O)([O-])[O-]. The van der Waals surface area contributed by atoms with Crippen LogP contribution in [-0.2, 0) is 10.4 Å². The molecule has 2 N–H and O–H groups in total. The van der Waals surface area contributed by atoms with Crippen LogP contribution in [0, 0.1) is 6.92 Å². The van der Waals surface area contributed by atoms with Gasteiger partial charge in [-0.3, -0.25) is 8.42 Å². The number of anilines is 1. The van der Waals surface area contributed by atoms with E-state index in [0.717, 1.165) is 5.69 Å². The van der Waals surface area contributed by atoms with Crippen molar-refractivity contribution < 1.29 is 17.5 Å². The number of aryl methyl sites for hydroxylation is 1. The molecule has 0 aliphatic heterocycles. The van der Waals surface area contributed by atoms with E-state index in [1.807, 2.05) is 31.2 Å². The van der Waals surface area contributed by atoms with E-state index in [0.29, 0.717) is 0 Å². The van der Waals surface area contributed by atoms with Crippen molar-refractivity contribution in [2.75, 3.05) is 5.73 Å². The second kappa shape index (κ2) is 4.80. The Morgan fingerprint density at radius 2 is 1.46 bits per heavy atom. The molecule has 0 amide bonds. The molecular formula is C7H9NO4S-2. The highest BCUT2D eigenvalue weighted by molar-refractivity contribution is 7.79. The molecule has 0 saturated carbocycles. The third-order valence-electron chi connectivity index (χ3n) is 1.08. The molecule has 1 aromatic rings. The van der Waals surface area contributed by atoms with Crippen LogP contribution in [0.15, 0.2) is 24.3 Å². The van der Waals surface area contributed by atoms with E-state index < -0.39 is 10.4 Å². The van der Waals surface area contributed by atoms with Gasteiger partial charge in [-0.1, -0.05) is 17.7 Å². The molecule has 6 heteroatoms. The first kappa shape index (κ1) is 11.9. The first-order valence-corrected chi connectivity index (χ1v) is 4.61.